The number of nitrogens with one attached hydrogen (secondary N) is 1. The lowest BCUT2D eigenvalue weighted by Gasteiger charge is -2.13. The van der Waals surface area contributed by atoms with E-state index in [1.54, 1.807) is 48.5 Å². The van der Waals surface area contributed by atoms with E-state index in [2.05, 4.69) is 5.32 Å². The number of carboxylic acids is 1. The van der Waals surface area contributed by atoms with E-state index in [9.17, 15) is 14.7 Å². The molecule has 2 aromatic rings. The Balaban J connectivity index is 2.04. The molecule has 0 bridgehead atoms. The van der Waals surface area contributed by atoms with E-state index < -0.39 is 11.9 Å². The standard InChI is InChI=1S/C16H15NO3/c18-15(13-9-5-2-6-10-13)17-11-14(16(19)20)12-7-3-1-4-8-12/h1-10,14H,11H2,(H,17,18)(H,19,20). The van der Waals surface area contributed by atoms with Gasteiger partial charge >= 0.3 is 5.97 Å². The molecule has 0 radical (unpaired) electrons. The second-order valence-electron chi connectivity index (χ2n) is 4.38. The van der Waals surface area contributed by atoms with Gasteiger partial charge in [-0.25, -0.2) is 0 Å². The largest absolute Gasteiger partial charge is 0.481 e. The molecule has 1 unspecified atom stereocenters. The highest BCUT2D eigenvalue weighted by Gasteiger charge is 2.20. The van der Waals surface area contributed by atoms with E-state index in [1.807, 2.05) is 12.1 Å². The first-order chi connectivity index (χ1) is 9.68. The summed E-state index contributed by atoms with van der Waals surface area (Å²) >= 11 is 0. The number of carbonyl (C=O) groups is 2. The number of hydrogen-bond acceptors (Lipinski definition) is 2. The van der Waals surface area contributed by atoms with Gasteiger partial charge in [0.25, 0.3) is 5.91 Å². The van der Waals surface area contributed by atoms with Crippen LogP contribution < -0.4 is 5.32 Å². The van der Waals surface area contributed by atoms with Gasteiger partial charge in [0.1, 0.15) is 0 Å². The molecule has 1 atom stereocenters. The fourth-order valence-corrected chi connectivity index (χ4v) is 1.92. The van der Waals surface area contributed by atoms with Gasteiger partial charge in [-0.1, -0.05) is 48.5 Å². The van der Waals surface area contributed by atoms with Gasteiger partial charge in [-0.2, -0.15) is 0 Å². The smallest absolute Gasteiger partial charge is 0.312 e. The predicted molar refractivity (Wildman–Crippen MR) is 75.6 cm³/mol. The fraction of sp³-hybridized carbons (Fsp3) is 0.125. The van der Waals surface area contributed by atoms with Gasteiger partial charge in [0, 0.05) is 12.1 Å². The van der Waals surface area contributed by atoms with Crippen molar-refractivity contribution in [2.75, 3.05) is 6.54 Å². The van der Waals surface area contributed by atoms with E-state index in [1.165, 1.54) is 0 Å². The molecule has 1 amide bonds. The van der Waals surface area contributed by atoms with Crippen molar-refractivity contribution in [3.05, 3.63) is 71.8 Å². The van der Waals surface area contributed by atoms with Crippen LogP contribution in [0.5, 0.6) is 0 Å². The Labute approximate surface area is 117 Å². The lowest BCUT2D eigenvalue weighted by atomic mass is 9.99. The maximum absolute atomic E-state index is 11.9. The van der Waals surface area contributed by atoms with Gasteiger partial charge in [0.05, 0.1) is 5.92 Å². The summed E-state index contributed by atoms with van der Waals surface area (Å²) in [6.45, 7) is 0.0626. The van der Waals surface area contributed by atoms with E-state index >= 15 is 0 Å². The minimum absolute atomic E-state index is 0.0626. The van der Waals surface area contributed by atoms with Crippen LogP contribution in [0.3, 0.4) is 0 Å². The summed E-state index contributed by atoms with van der Waals surface area (Å²) in [5.74, 6) is -1.97. The predicted octanol–water partition coefficient (Wildman–Crippen LogP) is 2.28. The molecule has 4 nitrogen and oxygen atoms in total. The highest BCUT2D eigenvalue weighted by molar-refractivity contribution is 5.94. The third-order valence-electron chi connectivity index (χ3n) is 3.00. The lowest BCUT2D eigenvalue weighted by molar-refractivity contribution is -0.138. The van der Waals surface area contributed by atoms with Crippen molar-refractivity contribution in [2.45, 2.75) is 5.92 Å². The maximum atomic E-state index is 11.9. The SMILES string of the molecule is O=C(NCC(C(=O)O)c1ccccc1)c1ccccc1. The Morgan fingerprint density at radius 1 is 0.950 bits per heavy atom. The summed E-state index contributed by atoms with van der Waals surface area (Å²) in [4.78, 5) is 23.2. The Hall–Kier alpha value is -2.62. The summed E-state index contributed by atoms with van der Waals surface area (Å²) in [5.41, 5.74) is 1.19. The average molecular weight is 269 g/mol. The Kier molecular flexibility index (Phi) is 4.50. The van der Waals surface area contributed by atoms with E-state index in [-0.39, 0.29) is 12.5 Å². The van der Waals surface area contributed by atoms with Crippen LogP contribution in [0.4, 0.5) is 0 Å². The second-order valence-corrected chi connectivity index (χ2v) is 4.38. The van der Waals surface area contributed by atoms with Crippen LogP contribution in [-0.2, 0) is 4.79 Å². The first kappa shape index (κ1) is 13.8. The van der Waals surface area contributed by atoms with Crippen molar-refractivity contribution in [1.82, 2.24) is 5.32 Å². The third-order valence-corrected chi connectivity index (χ3v) is 3.00. The topological polar surface area (TPSA) is 66.4 Å². The second kappa shape index (κ2) is 6.52. The zero-order valence-electron chi connectivity index (χ0n) is 10.8. The van der Waals surface area contributed by atoms with Crippen molar-refractivity contribution in [2.24, 2.45) is 0 Å². The first-order valence-electron chi connectivity index (χ1n) is 6.29. The van der Waals surface area contributed by atoms with Crippen LogP contribution in [0.15, 0.2) is 60.7 Å². The Bertz CT molecular complexity index is 581. The van der Waals surface area contributed by atoms with Crippen LogP contribution in [0.2, 0.25) is 0 Å². The van der Waals surface area contributed by atoms with Gasteiger partial charge in [-0.15, -0.1) is 0 Å². The van der Waals surface area contributed by atoms with Crippen LogP contribution in [0.25, 0.3) is 0 Å². The van der Waals surface area contributed by atoms with Crippen molar-refractivity contribution in [3.8, 4) is 0 Å². The zero-order valence-corrected chi connectivity index (χ0v) is 10.8. The molecule has 4 heteroatoms. The number of benzene rings is 2. The molecule has 0 spiro atoms. The number of amides is 1. The number of carboxylic acid groups (broad SMARTS) is 1. The summed E-state index contributed by atoms with van der Waals surface area (Å²) < 4.78 is 0. The van der Waals surface area contributed by atoms with Crippen molar-refractivity contribution < 1.29 is 14.7 Å². The van der Waals surface area contributed by atoms with Gasteiger partial charge in [-0.3, -0.25) is 9.59 Å². The van der Waals surface area contributed by atoms with Crippen molar-refractivity contribution in [1.29, 1.82) is 0 Å². The number of aliphatic carboxylic acids is 1. The molecule has 2 aromatic carbocycles. The van der Waals surface area contributed by atoms with Crippen LogP contribution in [0.1, 0.15) is 21.8 Å². The number of carbonyl (C=O) groups excluding carboxylic acids is 1. The zero-order chi connectivity index (χ0) is 14.4. The third kappa shape index (κ3) is 3.45. The molecule has 2 rings (SSSR count). The maximum Gasteiger partial charge on any atom is 0.312 e. The summed E-state index contributed by atoms with van der Waals surface area (Å²) in [6, 6.07) is 17.6. The minimum Gasteiger partial charge on any atom is -0.481 e. The molecule has 0 fully saturated rings. The van der Waals surface area contributed by atoms with Gasteiger partial charge in [0.2, 0.25) is 0 Å². The average Bonchev–Trinajstić information content (AvgIpc) is 2.49. The number of rotatable bonds is 5. The van der Waals surface area contributed by atoms with Crippen LogP contribution in [-0.4, -0.2) is 23.5 Å². The molecule has 0 saturated heterocycles. The molecule has 0 aromatic heterocycles. The Morgan fingerprint density at radius 3 is 2.05 bits per heavy atom. The molecule has 0 heterocycles. The molecule has 0 aliphatic carbocycles. The molecule has 0 aliphatic rings. The van der Waals surface area contributed by atoms with Gasteiger partial charge < -0.3 is 10.4 Å². The fourth-order valence-electron chi connectivity index (χ4n) is 1.92. The quantitative estimate of drug-likeness (QED) is 0.875. The Morgan fingerprint density at radius 2 is 1.50 bits per heavy atom. The van der Waals surface area contributed by atoms with E-state index in [0.717, 1.165) is 0 Å². The molecular weight excluding hydrogens is 254 g/mol. The lowest BCUT2D eigenvalue weighted by Crippen LogP contribution is -2.31. The number of hydrogen-bond donors (Lipinski definition) is 2. The van der Waals surface area contributed by atoms with E-state index in [0.29, 0.717) is 11.1 Å². The normalized spacial score (nSPS) is 11.6. The highest BCUT2D eigenvalue weighted by atomic mass is 16.4. The summed E-state index contributed by atoms with van der Waals surface area (Å²) in [7, 11) is 0. The molecule has 0 aliphatic heterocycles. The molecule has 0 saturated carbocycles. The summed E-state index contributed by atoms with van der Waals surface area (Å²) in [5, 5.41) is 11.9. The molecule has 20 heavy (non-hydrogen) atoms. The van der Waals surface area contributed by atoms with Crippen molar-refractivity contribution >= 4 is 11.9 Å². The van der Waals surface area contributed by atoms with Crippen LogP contribution >= 0.6 is 0 Å². The summed E-state index contributed by atoms with van der Waals surface area (Å²) in [6.07, 6.45) is 0. The van der Waals surface area contributed by atoms with Gasteiger partial charge in [0.15, 0.2) is 0 Å². The van der Waals surface area contributed by atoms with Crippen LogP contribution in [0, 0.1) is 0 Å². The van der Waals surface area contributed by atoms with Gasteiger partial charge in [-0.05, 0) is 17.7 Å². The minimum atomic E-state index is -0.954. The first-order valence-corrected chi connectivity index (χ1v) is 6.29. The van der Waals surface area contributed by atoms with E-state index in [4.69, 9.17) is 0 Å². The monoisotopic (exact) mass is 269 g/mol. The van der Waals surface area contributed by atoms with Crippen molar-refractivity contribution in [3.63, 3.8) is 0 Å². The highest BCUT2D eigenvalue weighted by Crippen LogP contribution is 2.15. The molecular formula is C16H15NO3. The molecule has 102 valence electrons. The molecule has 2 N–H and O–H groups in total.